The molecule has 0 aromatic heterocycles. The van der Waals surface area contributed by atoms with Crippen molar-refractivity contribution in [3.8, 4) is 11.1 Å². The zero-order chi connectivity index (χ0) is 23.6. The topological polar surface area (TPSA) is 92.5 Å². The summed E-state index contributed by atoms with van der Waals surface area (Å²) in [5.41, 5.74) is 10.0. The molecule has 1 aliphatic heterocycles. The molecule has 1 fully saturated rings. The number of sulfone groups is 1. The fraction of sp³-hybridized carbons (Fsp3) is 0.500. The number of benzene rings is 2. The molecule has 7 heteroatoms. The molecule has 0 bridgehead atoms. The van der Waals surface area contributed by atoms with Crippen LogP contribution in [-0.4, -0.2) is 57.7 Å². The third kappa shape index (κ3) is 5.48. The number of primary amides is 1. The van der Waals surface area contributed by atoms with E-state index in [1.807, 2.05) is 6.07 Å². The molecule has 1 heterocycles. The highest BCUT2D eigenvalue weighted by atomic mass is 32.2. The number of aryl methyl sites for hydroxylation is 1. The molecule has 3 N–H and O–H groups in total. The zero-order valence-electron chi connectivity index (χ0n) is 19.6. The van der Waals surface area contributed by atoms with Crippen molar-refractivity contribution in [3.63, 3.8) is 0 Å². The lowest BCUT2D eigenvalue weighted by Gasteiger charge is -2.37. The number of rotatable bonds is 7. The average molecular weight is 470 g/mol. The number of hydrogen-bond acceptors (Lipinski definition) is 5. The lowest BCUT2D eigenvalue weighted by Crippen LogP contribution is -2.43. The number of amides is 1. The molecule has 0 radical (unpaired) electrons. The first-order valence-electron chi connectivity index (χ1n) is 12.0. The molecule has 2 aromatic carbocycles. The van der Waals surface area contributed by atoms with Gasteiger partial charge in [0.25, 0.3) is 0 Å². The summed E-state index contributed by atoms with van der Waals surface area (Å²) in [4.78, 5) is 14.9. The maximum atomic E-state index is 12.1. The first-order valence-corrected chi connectivity index (χ1v) is 13.9. The Morgan fingerprint density at radius 1 is 1.09 bits per heavy atom. The lowest BCUT2D eigenvalue weighted by atomic mass is 9.84. The second-order valence-electron chi connectivity index (χ2n) is 9.50. The van der Waals surface area contributed by atoms with E-state index >= 15 is 0 Å². The van der Waals surface area contributed by atoms with Crippen molar-refractivity contribution in [2.24, 2.45) is 11.7 Å². The van der Waals surface area contributed by atoms with E-state index in [2.05, 4.69) is 29.3 Å². The number of carbonyl (C=O) groups is 1. The average Bonchev–Trinajstić information content (AvgIpc) is 2.81. The van der Waals surface area contributed by atoms with Gasteiger partial charge in [0.15, 0.2) is 9.84 Å². The van der Waals surface area contributed by atoms with Crippen molar-refractivity contribution in [1.82, 2.24) is 10.2 Å². The Balaban J connectivity index is 1.62. The summed E-state index contributed by atoms with van der Waals surface area (Å²) in [5.74, 6) is 0.204. The predicted octanol–water partition coefficient (Wildman–Crippen LogP) is 3.03. The Morgan fingerprint density at radius 2 is 1.85 bits per heavy atom. The van der Waals surface area contributed by atoms with Crippen LogP contribution >= 0.6 is 0 Å². The zero-order valence-corrected chi connectivity index (χ0v) is 20.5. The third-order valence-electron chi connectivity index (χ3n) is 7.28. The molecule has 1 saturated heterocycles. The molecule has 1 unspecified atom stereocenters. The van der Waals surface area contributed by atoms with Crippen LogP contribution in [0.5, 0.6) is 0 Å². The second-order valence-corrected chi connectivity index (χ2v) is 11.5. The van der Waals surface area contributed by atoms with Gasteiger partial charge in [0.05, 0.1) is 4.90 Å². The van der Waals surface area contributed by atoms with E-state index in [-0.39, 0.29) is 4.90 Å². The highest BCUT2D eigenvalue weighted by molar-refractivity contribution is 7.90. The second kappa shape index (κ2) is 9.95. The number of hydrogen-bond donors (Lipinski definition) is 2. The molecule has 2 aliphatic rings. The minimum atomic E-state index is -3.39. The van der Waals surface area contributed by atoms with Gasteiger partial charge in [-0.25, -0.2) is 8.42 Å². The molecule has 0 spiro atoms. The van der Waals surface area contributed by atoms with E-state index in [1.165, 1.54) is 42.4 Å². The maximum absolute atomic E-state index is 12.1. The van der Waals surface area contributed by atoms with Gasteiger partial charge in [-0.3, -0.25) is 4.79 Å². The lowest BCUT2D eigenvalue weighted by molar-refractivity contribution is 0.100. The highest BCUT2D eigenvalue weighted by Gasteiger charge is 2.27. The number of piperidine rings is 1. The van der Waals surface area contributed by atoms with Crippen molar-refractivity contribution in [3.05, 3.63) is 53.1 Å². The Hall–Kier alpha value is -2.22. The fourth-order valence-electron chi connectivity index (χ4n) is 5.36. The van der Waals surface area contributed by atoms with Crippen LogP contribution in [0.15, 0.2) is 41.3 Å². The van der Waals surface area contributed by atoms with Crippen LogP contribution in [0.2, 0.25) is 0 Å². The molecule has 1 amide bonds. The smallest absolute Gasteiger partial charge is 0.249 e. The first kappa shape index (κ1) is 23.9. The largest absolute Gasteiger partial charge is 0.366 e. The van der Waals surface area contributed by atoms with Crippen molar-refractivity contribution in [2.45, 2.75) is 50.0 Å². The van der Waals surface area contributed by atoms with Crippen LogP contribution < -0.4 is 11.1 Å². The van der Waals surface area contributed by atoms with Gasteiger partial charge in [-0.2, -0.15) is 0 Å². The van der Waals surface area contributed by atoms with Gasteiger partial charge in [-0.15, -0.1) is 0 Å². The van der Waals surface area contributed by atoms with Crippen LogP contribution in [0.3, 0.4) is 0 Å². The van der Waals surface area contributed by atoms with Crippen LogP contribution in [0.25, 0.3) is 11.1 Å². The molecule has 0 saturated carbocycles. The summed E-state index contributed by atoms with van der Waals surface area (Å²) in [6.45, 7) is 6.69. The minimum Gasteiger partial charge on any atom is -0.366 e. The predicted molar refractivity (Wildman–Crippen MR) is 132 cm³/mol. The standard InChI is InChI=1S/C26H35N3O3S/c1-3-29(17-18-10-12-28-13-11-18)22-7-6-19-4-5-20(14-21(19)15-22)25-16-23(33(2,31)32)8-9-24(25)26(27)30/h4-5,8-9,14,16,18,22,28H,3,6-7,10-13,15,17H2,1-2H3,(H2,27,30). The molecular weight excluding hydrogens is 434 g/mol. The van der Waals surface area contributed by atoms with E-state index < -0.39 is 15.7 Å². The highest BCUT2D eigenvalue weighted by Crippen LogP contribution is 2.32. The van der Waals surface area contributed by atoms with Crippen LogP contribution in [0.1, 0.15) is 47.7 Å². The monoisotopic (exact) mass is 469 g/mol. The van der Waals surface area contributed by atoms with E-state index in [4.69, 9.17) is 5.73 Å². The van der Waals surface area contributed by atoms with Gasteiger partial charge in [0, 0.05) is 24.4 Å². The summed E-state index contributed by atoms with van der Waals surface area (Å²) >= 11 is 0. The van der Waals surface area contributed by atoms with E-state index in [0.29, 0.717) is 17.2 Å². The molecule has 1 aliphatic carbocycles. The molecule has 4 rings (SSSR count). The third-order valence-corrected chi connectivity index (χ3v) is 8.39. The van der Waals surface area contributed by atoms with Gasteiger partial charge >= 0.3 is 0 Å². The van der Waals surface area contributed by atoms with Gasteiger partial charge < -0.3 is 16.0 Å². The molecule has 1 atom stereocenters. The summed E-state index contributed by atoms with van der Waals surface area (Å²) < 4.78 is 24.2. The molecule has 33 heavy (non-hydrogen) atoms. The van der Waals surface area contributed by atoms with E-state index in [0.717, 1.165) is 56.9 Å². The van der Waals surface area contributed by atoms with E-state index in [1.54, 1.807) is 6.07 Å². The van der Waals surface area contributed by atoms with Crippen LogP contribution in [-0.2, 0) is 22.7 Å². The molecule has 6 nitrogen and oxygen atoms in total. The van der Waals surface area contributed by atoms with Crippen LogP contribution in [0, 0.1) is 5.92 Å². The molecular formula is C26H35N3O3S. The number of nitrogens with two attached hydrogens (primary N) is 1. The summed E-state index contributed by atoms with van der Waals surface area (Å²) in [6, 6.07) is 11.3. The van der Waals surface area contributed by atoms with Gasteiger partial charge in [0.2, 0.25) is 5.91 Å². The SMILES string of the molecule is CCN(CC1CCNCC1)C1CCc2ccc(-c3cc(S(C)(=O)=O)ccc3C(N)=O)cc2C1. The number of nitrogens with one attached hydrogen (secondary N) is 1. The van der Waals surface area contributed by atoms with E-state index in [9.17, 15) is 13.2 Å². The van der Waals surface area contributed by atoms with Gasteiger partial charge in [-0.05, 0) is 98.1 Å². The van der Waals surface area contributed by atoms with Gasteiger partial charge in [0.1, 0.15) is 0 Å². The van der Waals surface area contributed by atoms with Crippen molar-refractivity contribution in [2.75, 3.05) is 32.4 Å². The van der Waals surface area contributed by atoms with Crippen molar-refractivity contribution < 1.29 is 13.2 Å². The Labute approximate surface area is 197 Å². The quantitative estimate of drug-likeness (QED) is 0.650. The Morgan fingerprint density at radius 3 is 2.52 bits per heavy atom. The number of nitrogens with zero attached hydrogens (tertiary/aromatic N) is 1. The summed E-state index contributed by atoms with van der Waals surface area (Å²) in [7, 11) is -3.39. The summed E-state index contributed by atoms with van der Waals surface area (Å²) in [6.07, 6.45) is 6.83. The van der Waals surface area contributed by atoms with Crippen molar-refractivity contribution >= 4 is 15.7 Å². The maximum Gasteiger partial charge on any atom is 0.249 e. The first-order chi connectivity index (χ1) is 15.8. The Kier molecular flexibility index (Phi) is 7.22. The van der Waals surface area contributed by atoms with Crippen LogP contribution in [0.4, 0.5) is 0 Å². The Bertz CT molecular complexity index is 1120. The van der Waals surface area contributed by atoms with Crippen molar-refractivity contribution in [1.29, 1.82) is 0 Å². The normalized spacial score (nSPS) is 19.4. The number of fused-ring (bicyclic) bond motifs is 1. The minimum absolute atomic E-state index is 0.192. The molecule has 2 aromatic rings. The number of carbonyl (C=O) groups excluding carboxylic acids is 1. The summed E-state index contributed by atoms with van der Waals surface area (Å²) in [5, 5.41) is 3.46. The van der Waals surface area contributed by atoms with Gasteiger partial charge in [-0.1, -0.05) is 25.1 Å². The molecule has 178 valence electrons. The number of likely N-dealkylation sites (N-methyl/N-ethyl adjacent to an activating group) is 1. The fourth-order valence-corrected chi connectivity index (χ4v) is 6.00.